The van der Waals surface area contributed by atoms with Crippen molar-refractivity contribution in [1.29, 1.82) is 0 Å². The van der Waals surface area contributed by atoms with E-state index in [4.69, 9.17) is 18.9 Å². The van der Waals surface area contributed by atoms with Gasteiger partial charge in [-0.2, -0.15) is 4.57 Å². The summed E-state index contributed by atoms with van der Waals surface area (Å²) in [6.07, 6.45) is -1.42. The summed E-state index contributed by atoms with van der Waals surface area (Å²) in [6, 6.07) is 21.7. The van der Waals surface area contributed by atoms with E-state index in [1.807, 2.05) is 138 Å². The Balaban J connectivity index is 1.80. The summed E-state index contributed by atoms with van der Waals surface area (Å²) >= 11 is 0. The molecule has 0 saturated heterocycles. The molecule has 3 aromatic carbocycles. The highest BCUT2D eigenvalue weighted by Crippen LogP contribution is 2.35. The third kappa shape index (κ3) is 15.7. The molecule has 0 aliphatic rings. The first-order valence-corrected chi connectivity index (χ1v) is 21.0. The Bertz CT molecular complexity index is 2150. The topological polar surface area (TPSA) is 157 Å². The van der Waals surface area contributed by atoms with Crippen LogP contribution in [0.3, 0.4) is 0 Å². The van der Waals surface area contributed by atoms with E-state index in [0.29, 0.717) is 61.5 Å². The normalized spacial score (nSPS) is 12.4. The number of carbonyl (C=O) groups is 4. The van der Waals surface area contributed by atoms with Gasteiger partial charge in [-0.1, -0.05) is 24.3 Å². The Kier molecular flexibility index (Phi) is 15.3. The third-order valence-electron chi connectivity index (χ3n) is 9.18. The van der Waals surface area contributed by atoms with Crippen LogP contribution in [-0.2, 0) is 25.5 Å². The molecule has 4 rings (SSSR count). The first-order valence-electron chi connectivity index (χ1n) is 21.0. The number of nitrogens with zero attached hydrogens (tertiary/aromatic N) is 2. The van der Waals surface area contributed by atoms with Crippen LogP contribution in [0, 0.1) is 0 Å². The molecule has 0 saturated carbocycles. The van der Waals surface area contributed by atoms with Crippen LogP contribution < -0.4 is 25.8 Å². The number of hydrogen-bond donors (Lipinski definition) is 4. The Morgan fingerprint density at radius 1 is 0.541 bits per heavy atom. The first-order chi connectivity index (χ1) is 28.2. The Labute approximate surface area is 361 Å². The lowest BCUT2D eigenvalue weighted by Crippen LogP contribution is -2.54. The van der Waals surface area contributed by atoms with Gasteiger partial charge in [0, 0.05) is 22.7 Å². The number of aryl methyl sites for hydroxylation is 1. The van der Waals surface area contributed by atoms with Gasteiger partial charge in [-0.25, -0.2) is 19.2 Å². The van der Waals surface area contributed by atoms with Gasteiger partial charge in [-0.15, -0.1) is 0 Å². The maximum absolute atomic E-state index is 13.0. The van der Waals surface area contributed by atoms with Gasteiger partial charge in [0.05, 0.1) is 62.7 Å². The van der Waals surface area contributed by atoms with Crippen molar-refractivity contribution < 1.29 is 47.2 Å². The second-order valence-corrected chi connectivity index (χ2v) is 19.6. The number of nitrogens with one attached hydrogen (secondary N) is 4. The van der Waals surface area contributed by atoms with Gasteiger partial charge in [-0.05, 0) is 119 Å². The zero-order valence-electron chi connectivity index (χ0n) is 38.5. The molecule has 0 unspecified atom stereocenters. The maximum Gasteiger partial charge on any atom is 0.412 e. The molecular weight excluding hydrogens is 777 g/mol. The largest absolute Gasteiger partial charge is 0.444 e. The van der Waals surface area contributed by atoms with Crippen molar-refractivity contribution in [3.63, 3.8) is 0 Å². The standard InChI is InChI=1S/C47H66N6O8/c1-44(2,3)58-40(54)48-24-28-53(13,29-25-49-41(55)59-45(4,5)6)27-17-26-52-38-31-34(51-43(57)61-47(10,11)12)21-23-36(38)35-22-20-33(50-42(56)60-46(7,8)9)30-37(35)39(52)32-18-15-14-16-19-32/h14-16,18-23,30-31H,17,24-29H2,1-13H3,(H2-,48,49,50,54,55,56)/p+2. The van der Waals surface area contributed by atoms with Crippen molar-refractivity contribution in [3.05, 3.63) is 66.7 Å². The number of carbonyl (C=O) groups excluding carboxylic acids is 4. The zero-order valence-corrected chi connectivity index (χ0v) is 38.5. The highest BCUT2D eigenvalue weighted by atomic mass is 16.6. The number of benzene rings is 3. The fraction of sp³-hybridized carbons (Fsp3) is 0.511. The fourth-order valence-corrected chi connectivity index (χ4v) is 6.79. The van der Waals surface area contributed by atoms with Gasteiger partial charge < -0.3 is 34.1 Å². The predicted octanol–water partition coefficient (Wildman–Crippen LogP) is 9.53. The molecule has 332 valence electrons. The number of ether oxygens (including phenoxy) is 4. The summed E-state index contributed by atoms with van der Waals surface area (Å²) in [4.78, 5) is 51.1. The number of fused-ring (bicyclic) bond motifs is 3. The van der Waals surface area contributed by atoms with Crippen LogP contribution in [0.15, 0.2) is 66.7 Å². The number of aromatic nitrogens is 1. The minimum absolute atomic E-state index is 0.353. The van der Waals surface area contributed by atoms with Gasteiger partial charge in [-0.3, -0.25) is 10.6 Å². The van der Waals surface area contributed by atoms with E-state index in [-0.39, 0.29) is 0 Å². The average molecular weight is 845 g/mol. The van der Waals surface area contributed by atoms with Crippen LogP contribution in [-0.4, -0.2) is 91.0 Å². The van der Waals surface area contributed by atoms with Gasteiger partial charge in [0.2, 0.25) is 11.2 Å². The smallest absolute Gasteiger partial charge is 0.412 e. The molecule has 14 heteroatoms. The zero-order chi connectivity index (χ0) is 45.4. The van der Waals surface area contributed by atoms with Gasteiger partial charge in [0.25, 0.3) is 0 Å². The molecular formula is C47H68N6O8+2. The quantitative estimate of drug-likeness (QED) is 0.0449. The molecule has 14 nitrogen and oxygen atoms in total. The van der Waals surface area contributed by atoms with Crippen LogP contribution >= 0.6 is 0 Å². The van der Waals surface area contributed by atoms with E-state index in [2.05, 4.69) is 45.0 Å². The molecule has 0 aliphatic carbocycles. The van der Waals surface area contributed by atoms with Crippen molar-refractivity contribution in [1.82, 2.24) is 10.6 Å². The Hall–Kier alpha value is -5.63. The molecule has 0 aliphatic heterocycles. The molecule has 4 amide bonds. The highest BCUT2D eigenvalue weighted by Gasteiger charge is 2.29. The number of likely N-dealkylation sites (N-methyl/N-ethyl adjacent to an activating group) is 1. The monoisotopic (exact) mass is 845 g/mol. The number of anilines is 2. The van der Waals surface area contributed by atoms with E-state index < -0.39 is 46.8 Å². The molecule has 0 spiro atoms. The minimum atomic E-state index is -0.682. The number of hydrogen-bond acceptors (Lipinski definition) is 8. The van der Waals surface area contributed by atoms with Crippen LogP contribution in [0.1, 0.15) is 89.5 Å². The number of pyridine rings is 1. The van der Waals surface area contributed by atoms with E-state index in [1.165, 1.54) is 0 Å². The van der Waals surface area contributed by atoms with E-state index in [1.54, 1.807) is 0 Å². The second-order valence-electron chi connectivity index (χ2n) is 19.6. The Morgan fingerprint density at radius 3 is 1.46 bits per heavy atom. The molecule has 1 heterocycles. The Morgan fingerprint density at radius 2 is 0.984 bits per heavy atom. The maximum atomic E-state index is 13.0. The van der Waals surface area contributed by atoms with E-state index in [9.17, 15) is 19.2 Å². The van der Waals surface area contributed by atoms with Gasteiger partial charge >= 0.3 is 24.4 Å². The molecule has 61 heavy (non-hydrogen) atoms. The van der Waals surface area contributed by atoms with Crippen molar-refractivity contribution in [2.75, 3.05) is 50.4 Å². The predicted molar refractivity (Wildman–Crippen MR) is 241 cm³/mol. The van der Waals surface area contributed by atoms with Crippen molar-refractivity contribution in [2.24, 2.45) is 0 Å². The number of amides is 4. The summed E-state index contributed by atoms with van der Waals surface area (Å²) in [5.74, 6) is 0. The SMILES string of the molecule is CC(C)(C)OC(=O)NCC[N+](C)(CCC[n+]1c(-c2ccccc2)c2cc(NC(=O)OC(C)(C)C)ccc2c2ccc(NC(=O)OC(C)(C)C)cc21)CCNC(=O)OC(C)(C)C. The lowest BCUT2D eigenvalue weighted by Gasteiger charge is -2.35. The average Bonchev–Trinajstić information content (AvgIpc) is 3.08. The van der Waals surface area contributed by atoms with Gasteiger partial charge in [0.15, 0.2) is 6.54 Å². The fourth-order valence-electron chi connectivity index (χ4n) is 6.79. The lowest BCUT2D eigenvalue weighted by atomic mass is 9.98. The molecule has 0 fully saturated rings. The van der Waals surface area contributed by atoms with Crippen LogP contribution in [0.5, 0.6) is 0 Å². The van der Waals surface area contributed by atoms with Crippen LogP contribution in [0.2, 0.25) is 0 Å². The van der Waals surface area contributed by atoms with Crippen molar-refractivity contribution in [3.8, 4) is 11.3 Å². The number of quaternary nitrogens is 1. The summed E-state index contributed by atoms with van der Waals surface area (Å²) in [5, 5.41) is 14.4. The van der Waals surface area contributed by atoms with E-state index in [0.717, 1.165) is 32.9 Å². The molecule has 0 bridgehead atoms. The second kappa shape index (κ2) is 19.4. The molecule has 1 aromatic heterocycles. The van der Waals surface area contributed by atoms with Crippen molar-refractivity contribution >= 4 is 57.4 Å². The number of alkyl carbamates (subject to hydrolysis) is 2. The van der Waals surface area contributed by atoms with Gasteiger partial charge in [0.1, 0.15) is 22.4 Å². The minimum Gasteiger partial charge on any atom is -0.444 e. The summed E-state index contributed by atoms with van der Waals surface area (Å²) in [6.45, 7) is 24.9. The lowest BCUT2D eigenvalue weighted by molar-refractivity contribution is -0.909. The summed E-state index contributed by atoms with van der Waals surface area (Å²) in [5.41, 5.74) is 1.26. The molecule has 0 radical (unpaired) electrons. The molecule has 4 aromatic rings. The molecule has 4 N–H and O–H groups in total. The summed E-state index contributed by atoms with van der Waals surface area (Å²) < 4.78 is 24.9. The molecule has 0 atom stereocenters. The van der Waals surface area contributed by atoms with Crippen LogP contribution in [0.25, 0.3) is 32.9 Å². The van der Waals surface area contributed by atoms with E-state index >= 15 is 0 Å². The highest BCUT2D eigenvalue weighted by molar-refractivity contribution is 6.11. The number of rotatable bonds is 13. The third-order valence-corrected chi connectivity index (χ3v) is 9.18. The summed E-state index contributed by atoms with van der Waals surface area (Å²) in [7, 11) is 2.10. The first kappa shape index (κ1) is 48.0. The van der Waals surface area contributed by atoms with Crippen LogP contribution in [0.4, 0.5) is 30.6 Å². The van der Waals surface area contributed by atoms with Crippen molar-refractivity contribution in [2.45, 2.75) is 118 Å².